The van der Waals surface area contributed by atoms with Crippen LogP contribution in [-0.4, -0.2) is 79.1 Å². The van der Waals surface area contributed by atoms with Crippen molar-refractivity contribution < 1.29 is 14.3 Å². The smallest absolute Gasteiger partial charge is 0.220 e. The number of anilines is 1. The minimum Gasteiger partial charge on any atom is -0.481 e. The lowest BCUT2D eigenvalue weighted by Gasteiger charge is -2.23. The third-order valence-electron chi connectivity index (χ3n) is 9.86. The van der Waals surface area contributed by atoms with Gasteiger partial charge in [-0.2, -0.15) is 0 Å². The highest BCUT2D eigenvalue weighted by Crippen LogP contribution is 2.42. The molecule has 3 aliphatic heterocycles. The van der Waals surface area contributed by atoms with Gasteiger partial charge in [0.05, 0.1) is 28.5 Å². The molecule has 0 radical (unpaired) electrons. The SMILES string of the molecule is COc1nc(-c2cccc(-c3ccnc(-c4ccc5c(c4)N(C)CCN(C[C@H]4CCC(=O)N4)C5)c3Cl)c2Cl)ccc1CNC[C@@H]1CCC(=O)N1. The van der Waals surface area contributed by atoms with Gasteiger partial charge in [0.2, 0.25) is 17.7 Å². The van der Waals surface area contributed by atoms with Crippen molar-refractivity contribution >= 4 is 40.7 Å². The maximum atomic E-state index is 11.8. The molecule has 7 rings (SSSR count). The topological polar surface area (TPSA) is 112 Å². The maximum Gasteiger partial charge on any atom is 0.220 e. The highest BCUT2D eigenvalue weighted by Gasteiger charge is 2.26. The van der Waals surface area contributed by atoms with E-state index >= 15 is 0 Å². The number of amides is 2. The van der Waals surface area contributed by atoms with Crippen LogP contribution in [0.5, 0.6) is 5.88 Å². The van der Waals surface area contributed by atoms with E-state index in [9.17, 15) is 9.59 Å². The number of aromatic nitrogens is 2. The first-order valence-corrected chi connectivity index (χ1v) is 17.9. The Morgan fingerprint density at radius 1 is 0.920 bits per heavy atom. The minimum absolute atomic E-state index is 0.103. The van der Waals surface area contributed by atoms with Crippen LogP contribution in [0.4, 0.5) is 5.69 Å². The number of ether oxygens (including phenoxy) is 1. The molecule has 0 aliphatic carbocycles. The first-order chi connectivity index (χ1) is 24.3. The van der Waals surface area contributed by atoms with Gasteiger partial charge in [-0.3, -0.25) is 19.5 Å². The van der Waals surface area contributed by atoms with Crippen molar-refractivity contribution in [2.24, 2.45) is 0 Å². The van der Waals surface area contributed by atoms with Crippen LogP contribution in [0, 0.1) is 0 Å². The van der Waals surface area contributed by atoms with Gasteiger partial charge in [0.15, 0.2) is 0 Å². The zero-order valence-electron chi connectivity index (χ0n) is 28.3. The van der Waals surface area contributed by atoms with E-state index in [2.05, 4.69) is 51.0 Å². The number of likely N-dealkylation sites (N-methyl/N-ethyl adjacent to an activating group) is 1. The van der Waals surface area contributed by atoms with E-state index in [0.29, 0.717) is 53.2 Å². The van der Waals surface area contributed by atoms with E-state index in [1.807, 2.05) is 36.4 Å². The van der Waals surface area contributed by atoms with E-state index in [1.165, 1.54) is 5.56 Å². The molecule has 0 saturated carbocycles. The van der Waals surface area contributed by atoms with Crippen LogP contribution >= 0.6 is 23.2 Å². The monoisotopic (exact) mass is 713 g/mol. The fourth-order valence-corrected chi connectivity index (χ4v) is 7.79. The summed E-state index contributed by atoms with van der Waals surface area (Å²) in [6, 6.07) is 18.4. The van der Waals surface area contributed by atoms with E-state index in [-0.39, 0.29) is 23.9 Å². The average Bonchev–Trinajstić information content (AvgIpc) is 3.70. The molecule has 3 N–H and O–H groups in total. The number of hydrogen-bond donors (Lipinski definition) is 3. The van der Waals surface area contributed by atoms with Crippen LogP contribution in [0.3, 0.4) is 0 Å². The molecule has 12 heteroatoms. The van der Waals surface area contributed by atoms with E-state index in [4.69, 9.17) is 37.9 Å². The van der Waals surface area contributed by atoms with Crippen LogP contribution in [0.25, 0.3) is 33.6 Å². The highest BCUT2D eigenvalue weighted by atomic mass is 35.5. The molecular weight excluding hydrogens is 673 g/mol. The van der Waals surface area contributed by atoms with Gasteiger partial charge in [-0.25, -0.2) is 4.98 Å². The zero-order valence-corrected chi connectivity index (χ0v) is 29.8. The van der Waals surface area contributed by atoms with Gasteiger partial charge in [-0.15, -0.1) is 0 Å². The van der Waals surface area contributed by atoms with Crippen LogP contribution in [0.15, 0.2) is 60.8 Å². The van der Waals surface area contributed by atoms with Crippen molar-refractivity contribution in [3.8, 4) is 39.5 Å². The molecule has 2 aromatic heterocycles. The Bertz CT molecular complexity index is 1920. The summed E-state index contributed by atoms with van der Waals surface area (Å²) in [4.78, 5) is 37.5. The summed E-state index contributed by atoms with van der Waals surface area (Å²) in [5, 5.41) is 10.5. The Balaban J connectivity index is 1.12. The number of carbonyl (C=O) groups excluding carboxylic acids is 2. The van der Waals surface area contributed by atoms with Crippen LogP contribution in [0.1, 0.15) is 36.8 Å². The number of carbonyl (C=O) groups is 2. The third kappa shape index (κ3) is 7.30. The molecule has 4 aromatic rings. The molecule has 0 bridgehead atoms. The molecule has 5 heterocycles. The molecule has 50 heavy (non-hydrogen) atoms. The summed E-state index contributed by atoms with van der Waals surface area (Å²) >= 11 is 14.3. The molecule has 2 saturated heterocycles. The average molecular weight is 715 g/mol. The van der Waals surface area contributed by atoms with Crippen molar-refractivity contribution in [2.45, 2.75) is 50.9 Å². The lowest BCUT2D eigenvalue weighted by molar-refractivity contribution is -0.120. The second-order valence-electron chi connectivity index (χ2n) is 13.3. The van der Waals surface area contributed by atoms with Gasteiger partial charge in [-0.05, 0) is 36.6 Å². The first kappa shape index (κ1) is 34.2. The first-order valence-electron chi connectivity index (χ1n) is 17.1. The Labute approximate surface area is 302 Å². The molecular formula is C38H41Cl2N7O3. The molecule has 0 spiro atoms. The van der Waals surface area contributed by atoms with Crippen molar-refractivity contribution in [2.75, 3.05) is 45.2 Å². The van der Waals surface area contributed by atoms with Crippen molar-refractivity contribution in [3.05, 3.63) is 82.0 Å². The van der Waals surface area contributed by atoms with Crippen molar-refractivity contribution in [1.29, 1.82) is 0 Å². The number of methoxy groups -OCH3 is 1. The van der Waals surface area contributed by atoms with Crippen molar-refractivity contribution in [3.63, 3.8) is 0 Å². The molecule has 0 unspecified atom stereocenters. The molecule has 2 fully saturated rings. The second kappa shape index (κ2) is 14.9. The molecule has 2 amide bonds. The maximum absolute atomic E-state index is 11.8. The summed E-state index contributed by atoms with van der Waals surface area (Å²) in [7, 11) is 3.72. The fourth-order valence-electron chi connectivity index (χ4n) is 7.15. The molecule has 2 atom stereocenters. The number of pyridine rings is 2. The summed E-state index contributed by atoms with van der Waals surface area (Å²) in [6.07, 6.45) is 4.69. The summed E-state index contributed by atoms with van der Waals surface area (Å²) in [5.74, 6) is 0.764. The quantitative estimate of drug-likeness (QED) is 0.192. The standard InChI is InChI=1S/C38H41Cl2N7O3/c1-46-16-17-47(22-27-10-13-34(49)44-27)21-25-7-6-23(18-32(25)46)37-36(40)29(14-15-42-37)28-4-3-5-30(35(28)39)31-11-8-24(38(45-31)50-2)19-41-20-26-9-12-33(48)43-26/h3-8,11,14-15,18,26-27,41H,9-10,12-13,16-17,19-22H2,1-2H3,(H,43,48)(H,44,49)/t26-,27+/m0/s1. The fraction of sp³-hybridized carbons (Fsp3) is 0.368. The lowest BCUT2D eigenvalue weighted by Crippen LogP contribution is -2.40. The summed E-state index contributed by atoms with van der Waals surface area (Å²) in [6.45, 7) is 4.69. The van der Waals surface area contributed by atoms with E-state index in [0.717, 1.165) is 72.5 Å². The van der Waals surface area contributed by atoms with Crippen LogP contribution in [-0.2, 0) is 22.7 Å². The van der Waals surface area contributed by atoms with Gasteiger partial charge >= 0.3 is 0 Å². The Morgan fingerprint density at radius 2 is 1.68 bits per heavy atom. The molecule has 260 valence electrons. The largest absolute Gasteiger partial charge is 0.481 e. The lowest BCUT2D eigenvalue weighted by atomic mass is 9.98. The number of nitrogens with zero attached hydrogens (tertiary/aromatic N) is 4. The van der Waals surface area contributed by atoms with Crippen molar-refractivity contribution in [1.82, 2.24) is 30.8 Å². The number of benzene rings is 2. The van der Waals surface area contributed by atoms with Gasteiger partial charge in [-0.1, -0.05) is 59.6 Å². The Morgan fingerprint density at radius 3 is 2.44 bits per heavy atom. The predicted octanol–water partition coefficient (Wildman–Crippen LogP) is 5.69. The highest BCUT2D eigenvalue weighted by molar-refractivity contribution is 6.39. The summed E-state index contributed by atoms with van der Waals surface area (Å²) in [5.41, 5.74) is 7.91. The van der Waals surface area contributed by atoms with Crippen LogP contribution in [0.2, 0.25) is 10.0 Å². The normalized spacial score (nSPS) is 19.2. The van der Waals surface area contributed by atoms with Gasteiger partial charge in [0.1, 0.15) is 0 Å². The molecule has 2 aromatic carbocycles. The van der Waals surface area contributed by atoms with Gasteiger partial charge in [0.25, 0.3) is 0 Å². The van der Waals surface area contributed by atoms with Gasteiger partial charge in [0, 0.05) is 111 Å². The number of halogens is 2. The van der Waals surface area contributed by atoms with Gasteiger partial charge < -0.3 is 25.6 Å². The molecule has 3 aliphatic rings. The number of fused-ring (bicyclic) bond motifs is 1. The predicted molar refractivity (Wildman–Crippen MR) is 197 cm³/mol. The minimum atomic E-state index is 0.103. The van der Waals surface area contributed by atoms with E-state index in [1.54, 1.807) is 13.3 Å². The third-order valence-corrected chi connectivity index (χ3v) is 10.6. The number of hydrogen-bond acceptors (Lipinski definition) is 8. The number of rotatable bonds is 10. The zero-order chi connectivity index (χ0) is 34.8. The Kier molecular flexibility index (Phi) is 10.2. The van der Waals surface area contributed by atoms with E-state index < -0.39 is 0 Å². The summed E-state index contributed by atoms with van der Waals surface area (Å²) < 4.78 is 5.67. The second-order valence-corrected chi connectivity index (χ2v) is 14.0. The number of nitrogens with one attached hydrogen (secondary N) is 3. The van der Waals surface area contributed by atoms with Crippen LogP contribution < -0.4 is 25.6 Å². The molecule has 10 nitrogen and oxygen atoms in total. The Hall–Kier alpha value is -4.22.